The lowest BCUT2D eigenvalue weighted by Crippen LogP contribution is -2.46. The standard InChI is InChI=1S/C32H39Cl5N4O/c33-12-18-38(19-13-34)28-7-2-25(3-8-28)23-40-16-1-17-41(32(40)30-22-27(37)6-11-31(30)42)24-26-4-9-29(10-5-26)39(20-14-35)21-15-36/h2-11,22,32,42H,1,12-21,23-24H2. The maximum atomic E-state index is 11.0. The summed E-state index contributed by atoms with van der Waals surface area (Å²) in [7, 11) is 0. The lowest BCUT2D eigenvalue weighted by Gasteiger charge is -2.44. The molecule has 0 spiro atoms. The van der Waals surface area contributed by atoms with Crippen LogP contribution in [-0.2, 0) is 13.1 Å². The number of halogens is 5. The second kappa shape index (κ2) is 17.1. The fraction of sp³-hybridized carbons (Fsp3) is 0.438. The minimum Gasteiger partial charge on any atom is -0.508 e. The van der Waals surface area contributed by atoms with E-state index < -0.39 is 0 Å². The molecule has 0 unspecified atom stereocenters. The molecule has 3 aromatic carbocycles. The molecule has 0 bridgehead atoms. The van der Waals surface area contributed by atoms with E-state index in [4.69, 9.17) is 58.0 Å². The topological polar surface area (TPSA) is 33.2 Å². The predicted octanol–water partition coefficient (Wildman–Crippen LogP) is 8.02. The molecule has 0 aromatic heterocycles. The first-order chi connectivity index (χ1) is 20.5. The molecule has 42 heavy (non-hydrogen) atoms. The molecule has 10 heteroatoms. The molecule has 0 aliphatic carbocycles. The first-order valence-corrected chi connectivity index (χ1v) is 16.9. The largest absolute Gasteiger partial charge is 0.508 e. The first-order valence-electron chi connectivity index (χ1n) is 14.4. The van der Waals surface area contributed by atoms with Crippen molar-refractivity contribution in [3.05, 3.63) is 88.4 Å². The number of nitrogens with zero attached hydrogens (tertiary/aromatic N) is 4. The minimum atomic E-state index is -0.134. The van der Waals surface area contributed by atoms with Gasteiger partial charge in [0.05, 0.1) is 6.17 Å². The van der Waals surface area contributed by atoms with E-state index in [1.165, 1.54) is 11.1 Å². The van der Waals surface area contributed by atoms with Crippen LogP contribution in [0.25, 0.3) is 0 Å². The Labute approximate surface area is 275 Å². The van der Waals surface area contributed by atoms with Crippen LogP contribution in [0.2, 0.25) is 5.02 Å². The number of hydrogen-bond acceptors (Lipinski definition) is 5. The van der Waals surface area contributed by atoms with E-state index in [0.29, 0.717) is 28.5 Å². The van der Waals surface area contributed by atoms with E-state index in [9.17, 15) is 5.11 Å². The summed E-state index contributed by atoms with van der Waals surface area (Å²) in [6, 6.07) is 22.6. The maximum absolute atomic E-state index is 11.0. The highest BCUT2D eigenvalue weighted by molar-refractivity contribution is 6.30. The molecule has 0 amide bonds. The van der Waals surface area contributed by atoms with Crippen LogP contribution in [0, 0.1) is 0 Å². The third-order valence-corrected chi connectivity index (χ3v) is 8.55. The second-order valence-corrected chi connectivity index (χ2v) is 12.4. The molecule has 4 rings (SSSR count). The molecule has 5 nitrogen and oxygen atoms in total. The van der Waals surface area contributed by atoms with E-state index in [1.807, 2.05) is 6.07 Å². The molecule has 0 atom stereocenters. The SMILES string of the molecule is Oc1ccc(Cl)cc1C1N(Cc2ccc(N(CCCl)CCCl)cc2)CCCN1Cc1ccc(N(CCCl)CCCl)cc1. The van der Waals surface area contributed by atoms with Crippen LogP contribution in [0.3, 0.4) is 0 Å². The average molecular weight is 673 g/mol. The number of benzene rings is 3. The first kappa shape index (κ1) is 33.3. The van der Waals surface area contributed by atoms with Gasteiger partial charge in [-0.05, 0) is 60.0 Å². The Hall–Kier alpha value is -1.57. The number of phenolic OH excluding ortho intramolecular Hbond substituents is 1. The van der Waals surface area contributed by atoms with Gasteiger partial charge >= 0.3 is 0 Å². The highest BCUT2D eigenvalue weighted by Crippen LogP contribution is 2.38. The van der Waals surface area contributed by atoms with Crippen LogP contribution < -0.4 is 9.80 Å². The summed E-state index contributed by atoms with van der Waals surface area (Å²) in [5.74, 6) is 2.45. The molecular formula is C32H39Cl5N4O. The number of rotatable bonds is 15. The van der Waals surface area contributed by atoms with Crippen molar-refractivity contribution in [2.75, 3.05) is 72.6 Å². The van der Waals surface area contributed by atoms with Crippen LogP contribution in [0.1, 0.15) is 29.3 Å². The van der Waals surface area contributed by atoms with Crippen molar-refractivity contribution < 1.29 is 5.11 Å². The monoisotopic (exact) mass is 670 g/mol. The van der Waals surface area contributed by atoms with E-state index in [0.717, 1.165) is 75.7 Å². The zero-order chi connectivity index (χ0) is 29.9. The van der Waals surface area contributed by atoms with E-state index in [2.05, 4.69) is 68.1 Å². The summed E-state index contributed by atoms with van der Waals surface area (Å²) >= 11 is 30.5. The maximum Gasteiger partial charge on any atom is 0.121 e. The quantitative estimate of drug-likeness (QED) is 0.166. The second-order valence-electron chi connectivity index (χ2n) is 10.4. The summed E-state index contributed by atoms with van der Waals surface area (Å²) in [6.45, 7) is 6.31. The fourth-order valence-corrected chi connectivity index (χ4v) is 6.65. The smallest absolute Gasteiger partial charge is 0.121 e. The minimum absolute atomic E-state index is 0.134. The third kappa shape index (κ3) is 8.98. The molecule has 1 N–H and O–H groups in total. The van der Waals surface area contributed by atoms with Crippen LogP contribution in [-0.4, -0.2) is 77.7 Å². The number of alkyl halides is 4. The lowest BCUT2D eigenvalue weighted by molar-refractivity contribution is -0.0103. The van der Waals surface area contributed by atoms with Crippen molar-refractivity contribution in [3.8, 4) is 5.75 Å². The Kier molecular flexibility index (Phi) is 13.5. The Bertz CT molecular complexity index is 1150. The number of hydrogen-bond donors (Lipinski definition) is 1. The van der Waals surface area contributed by atoms with Crippen LogP contribution in [0.4, 0.5) is 11.4 Å². The molecular weight excluding hydrogens is 634 g/mol. The zero-order valence-electron chi connectivity index (χ0n) is 23.7. The van der Waals surface area contributed by atoms with Crippen molar-refractivity contribution in [1.82, 2.24) is 9.80 Å². The van der Waals surface area contributed by atoms with Crippen LogP contribution in [0.15, 0.2) is 66.7 Å². The van der Waals surface area contributed by atoms with E-state index in [-0.39, 0.29) is 11.9 Å². The summed E-state index contributed by atoms with van der Waals surface area (Å²) in [5.41, 5.74) is 5.45. The van der Waals surface area contributed by atoms with Gasteiger partial charge in [-0.3, -0.25) is 9.80 Å². The van der Waals surface area contributed by atoms with Crippen molar-refractivity contribution in [1.29, 1.82) is 0 Å². The molecule has 0 radical (unpaired) electrons. The highest BCUT2D eigenvalue weighted by Gasteiger charge is 2.32. The Morgan fingerprint density at radius 1 is 0.643 bits per heavy atom. The molecule has 3 aromatic rings. The van der Waals surface area contributed by atoms with Gasteiger partial charge in [-0.2, -0.15) is 0 Å². The summed E-state index contributed by atoms with van der Waals surface area (Å²) in [5, 5.41) is 11.6. The van der Waals surface area contributed by atoms with Crippen molar-refractivity contribution in [2.24, 2.45) is 0 Å². The molecule has 1 aliphatic rings. The third-order valence-electron chi connectivity index (χ3n) is 7.64. The van der Waals surface area contributed by atoms with Gasteiger partial charge < -0.3 is 14.9 Å². The highest BCUT2D eigenvalue weighted by atomic mass is 35.5. The summed E-state index contributed by atoms with van der Waals surface area (Å²) in [4.78, 5) is 9.26. The van der Waals surface area contributed by atoms with Crippen LogP contribution >= 0.6 is 58.0 Å². The fourth-order valence-electron chi connectivity index (χ4n) is 5.65. The summed E-state index contributed by atoms with van der Waals surface area (Å²) < 4.78 is 0. The average Bonchev–Trinajstić information content (AvgIpc) is 2.99. The predicted molar refractivity (Wildman–Crippen MR) is 181 cm³/mol. The van der Waals surface area contributed by atoms with Crippen molar-refractivity contribution >= 4 is 69.4 Å². The van der Waals surface area contributed by atoms with Gasteiger partial charge in [0.15, 0.2) is 0 Å². The van der Waals surface area contributed by atoms with Gasteiger partial charge in [0.1, 0.15) is 5.75 Å². The Morgan fingerprint density at radius 2 is 1.07 bits per heavy atom. The van der Waals surface area contributed by atoms with Gasteiger partial charge in [0, 0.05) is 97.8 Å². The van der Waals surface area contributed by atoms with Gasteiger partial charge in [-0.1, -0.05) is 35.9 Å². The van der Waals surface area contributed by atoms with Gasteiger partial charge in [0.2, 0.25) is 0 Å². The molecule has 1 saturated heterocycles. The Balaban J connectivity index is 1.57. The molecule has 228 valence electrons. The molecule has 1 fully saturated rings. The lowest BCUT2D eigenvalue weighted by atomic mass is 10.0. The number of aromatic hydroxyl groups is 1. The van der Waals surface area contributed by atoms with Crippen molar-refractivity contribution in [2.45, 2.75) is 25.7 Å². The molecule has 0 saturated carbocycles. The van der Waals surface area contributed by atoms with Gasteiger partial charge in [-0.15, -0.1) is 46.4 Å². The number of anilines is 2. The van der Waals surface area contributed by atoms with Gasteiger partial charge in [-0.25, -0.2) is 0 Å². The summed E-state index contributed by atoms with van der Waals surface area (Å²) in [6.07, 6.45) is 0.886. The molecule has 1 heterocycles. The van der Waals surface area contributed by atoms with Crippen molar-refractivity contribution in [3.63, 3.8) is 0 Å². The Morgan fingerprint density at radius 3 is 1.48 bits per heavy atom. The molecule has 1 aliphatic heterocycles. The van der Waals surface area contributed by atoms with E-state index >= 15 is 0 Å². The van der Waals surface area contributed by atoms with Crippen LogP contribution in [0.5, 0.6) is 5.75 Å². The normalized spacial score (nSPS) is 14.8. The zero-order valence-corrected chi connectivity index (χ0v) is 27.5. The van der Waals surface area contributed by atoms with Gasteiger partial charge in [0.25, 0.3) is 0 Å². The number of phenols is 1. The van der Waals surface area contributed by atoms with E-state index in [1.54, 1.807) is 12.1 Å².